The SMILES string of the molecule is COc1ccc(/C=C/C=N/NC(=O)c2ccc(COc3ccc(-n4c(C)ccc4C)cc3)o2)cc1. The van der Waals surface area contributed by atoms with Crippen LogP contribution in [0.15, 0.2) is 88.4 Å². The largest absolute Gasteiger partial charge is 0.497 e. The number of rotatable bonds is 9. The van der Waals surface area contributed by atoms with Crippen molar-refractivity contribution in [1.82, 2.24) is 9.99 Å². The van der Waals surface area contributed by atoms with Crippen molar-refractivity contribution in [2.75, 3.05) is 7.11 Å². The predicted molar refractivity (Wildman–Crippen MR) is 136 cm³/mol. The first-order valence-electron chi connectivity index (χ1n) is 11.1. The predicted octanol–water partition coefficient (Wildman–Crippen LogP) is 5.70. The number of benzene rings is 2. The second-order valence-corrected chi connectivity index (χ2v) is 7.85. The highest BCUT2D eigenvalue weighted by atomic mass is 16.5. The Morgan fingerprint density at radius 1 is 0.943 bits per heavy atom. The highest BCUT2D eigenvalue weighted by molar-refractivity contribution is 5.92. The fourth-order valence-electron chi connectivity index (χ4n) is 3.56. The molecule has 0 aliphatic rings. The number of ether oxygens (including phenoxy) is 2. The van der Waals surface area contributed by atoms with Gasteiger partial charge in [-0.1, -0.05) is 18.2 Å². The van der Waals surface area contributed by atoms with Gasteiger partial charge in [0.25, 0.3) is 0 Å². The zero-order valence-electron chi connectivity index (χ0n) is 19.9. The third-order valence-electron chi connectivity index (χ3n) is 5.36. The van der Waals surface area contributed by atoms with Crippen LogP contribution < -0.4 is 14.9 Å². The first-order valence-corrected chi connectivity index (χ1v) is 11.1. The van der Waals surface area contributed by atoms with Crippen molar-refractivity contribution < 1.29 is 18.7 Å². The average Bonchev–Trinajstić information content (AvgIpc) is 3.49. The quantitative estimate of drug-likeness (QED) is 0.252. The van der Waals surface area contributed by atoms with E-state index in [1.807, 2.05) is 54.6 Å². The summed E-state index contributed by atoms with van der Waals surface area (Å²) in [5.41, 5.74) is 6.86. The van der Waals surface area contributed by atoms with Crippen molar-refractivity contribution in [3.05, 3.63) is 107 Å². The van der Waals surface area contributed by atoms with E-state index in [9.17, 15) is 4.79 Å². The smallest absolute Gasteiger partial charge is 0.307 e. The minimum Gasteiger partial charge on any atom is -0.497 e. The standard InChI is InChI=1S/C28H27N3O4/c1-20-6-7-21(2)31(20)23-10-14-25(15-11-23)34-19-26-16-17-27(35-26)28(32)30-29-18-4-5-22-8-12-24(33-3)13-9-22/h4-18H,19H2,1-3H3,(H,30,32)/b5-4+,29-18+. The van der Waals surface area contributed by atoms with E-state index < -0.39 is 5.91 Å². The third kappa shape index (κ3) is 6.09. The molecule has 0 unspecified atom stereocenters. The minimum atomic E-state index is -0.438. The van der Waals surface area contributed by atoms with E-state index in [0.29, 0.717) is 11.5 Å². The van der Waals surface area contributed by atoms with Gasteiger partial charge in [-0.25, -0.2) is 5.43 Å². The Balaban J connectivity index is 1.26. The topological polar surface area (TPSA) is 78.0 Å². The van der Waals surface area contributed by atoms with E-state index in [-0.39, 0.29) is 12.4 Å². The van der Waals surface area contributed by atoms with Crippen molar-refractivity contribution in [2.45, 2.75) is 20.5 Å². The van der Waals surface area contributed by atoms with Crippen molar-refractivity contribution >= 4 is 18.2 Å². The van der Waals surface area contributed by atoms with Crippen LogP contribution in [0.25, 0.3) is 11.8 Å². The van der Waals surface area contributed by atoms with Gasteiger partial charge in [0.05, 0.1) is 7.11 Å². The number of methoxy groups -OCH3 is 1. The van der Waals surface area contributed by atoms with Crippen LogP contribution in [-0.4, -0.2) is 23.8 Å². The van der Waals surface area contributed by atoms with E-state index in [4.69, 9.17) is 13.9 Å². The molecule has 7 heteroatoms. The summed E-state index contributed by atoms with van der Waals surface area (Å²) in [6.45, 7) is 4.36. The number of nitrogens with zero attached hydrogens (tertiary/aromatic N) is 2. The lowest BCUT2D eigenvalue weighted by Gasteiger charge is -2.10. The van der Waals surface area contributed by atoms with Gasteiger partial charge in [0.1, 0.15) is 23.9 Å². The summed E-state index contributed by atoms with van der Waals surface area (Å²) in [5.74, 6) is 1.77. The van der Waals surface area contributed by atoms with Crippen LogP contribution in [0.3, 0.4) is 0 Å². The van der Waals surface area contributed by atoms with Gasteiger partial charge in [-0.05, 0) is 86.2 Å². The molecule has 0 fully saturated rings. The molecule has 35 heavy (non-hydrogen) atoms. The summed E-state index contributed by atoms with van der Waals surface area (Å²) < 4.78 is 18.7. The maximum Gasteiger partial charge on any atom is 0.307 e. The maximum atomic E-state index is 12.2. The number of hydrazone groups is 1. The Morgan fingerprint density at radius 2 is 1.63 bits per heavy atom. The molecule has 0 radical (unpaired) electrons. The van der Waals surface area contributed by atoms with Gasteiger partial charge in [0, 0.05) is 23.3 Å². The zero-order valence-corrected chi connectivity index (χ0v) is 19.9. The number of carbonyl (C=O) groups is 1. The molecule has 0 saturated heterocycles. The molecule has 7 nitrogen and oxygen atoms in total. The molecule has 0 bridgehead atoms. The summed E-state index contributed by atoms with van der Waals surface area (Å²) in [6, 6.07) is 22.9. The highest BCUT2D eigenvalue weighted by Gasteiger charge is 2.11. The minimum absolute atomic E-state index is 0.161. The molecule has 2 aromatic carbocycles. The summed E-state index contributed by atoms with van der Waals surface area (Å²) in [5, 5.41) is 3.91. The second-order valence-electron chi connectivity index (χ2n) is 7.85. The van der Waals surface area contributed by atoms with E-state index in [1.165, 1.54) is 17.6 Å². The molecule has 0 aliphatic heterocycles. The fraction of sp³-hybridized carbons (Fsp3) is 0.143. The Kier molecular flexibility index (Phi) is 7.47. The normalized spacial score (nSPS) is 11.3. The van der Waals surface area contributed by atoms with E-state index in [2.05, 4.69) is 41.1 Å². The van der Waals surface area contributed by atoms with Crippen LogP contribution in [0.5, 0.6) is 11.5 Å². The average molecular weight is 470 g/mol. The lowest BCUT2D eigenvalue weighted by molar-refractivity contribution is 0.0923. The number of amides is 1. The molecular formula is C28H27N3O4. The highest BCUT2D eigenvalue weighted by Crippen LogP contribution is 2.21. The molecule has 2 heterocycles. The first-order chi connectivity index (χ1) is 17.0. The van der Waals surface area contributed by atoms with E-state index >= 15 is 0 Å². The van der Waals surface area contributed by atoms with E-state index in [0.717, 1.165) is 17.0 Å². The van der Waals surface area contributed by atoms with Gasteiger partial charge in [-0.2, -0.15) is 5.10 Å². The van der Waals surface area contributed by atoms with Gasteiger partial charge < -0.3 is 18.5 Å². The maximum absolute atomic E-state index is 12.2. The number of allylic oxidation sites excluding steroid dienone is 1. The number of aromatic nitrogens is 1. The molecule has 178 valence electrons. The summed E-state index contributed by atoms with van der Waals surface area (Å²) in [6.07, 6.45) is 5.09. The monoisotopic (exact) mass is 469 g/mol. The van der Waals surface area contributed by atoms with Gasteiger partial charge in [0.15, 0.2) is 5.76 Å². The lowest BCUT2D eigenvalue weighted by Crippen LogP contribution is -2.16. The van der Waals surface area contributed by atoms with Crippen LogP contribution in [0.1, 0.15) is 33.3 Å². The van der Waals surface area contributed by atoms with Gasteiger partial charge in [0.2, 0.25) is 0 Å². The summed E-state index contributed by atoms with van der Waals surface area (Å²) in [7, 11) is 1.63. The number of carbonyl (C=O) groups excluding carboxylic acids is 1. The first kappa shape index (κ1) is 23.6. The van der Waals surface area contributed by atoms with Gasteiger partial charge >= 0.3 is 5.91 Å². The third-order valence-corrected chi connectivity index (χ3v) is 5.36. The molecule has 1 amide bonds. The molecule has 0 aliphatic carbocycles. The molecular weight excluding hydrogens is 442 g/mol. The van der Waals surface area contributed by atoms with Crippen molar-refractivity contribution in [1.29, 1.82) is 0 Å². The molecule has 4 aromatic rings. The molecule has 0 spiro atoms. The Morgan fingerprint density at radius 3 is 2.31 bits per heavy atom. The van der Waals surface area contributed by atoms with Gasteiger partial charge in [-0.15, -0.1) is 0 Å². The Hall–Kier alpha value is -4.52. The number of hydrogen-bond donors (Lipinski definition) is 1. The molecule has 1 N–H and O–H groups in total. The number of hydrogen-bond acceptors (Lipinski definition) is 5. The molecule has 2 aromatic heterocycles. The molecule has 4 rings (SSSR count). The summed E-state index contributed by atoms with van der Waals surface area (Å²) in [4.78, 5) is 12.2. The van der Waals surface area contributed by atoms with Crippen LogP contribution in [0, 0.1) is 13.8 Å². The number of aryl methyl sites for hydroxylation is 2. The second kappa shape index (κ2) is 11.1. The molecule has 0 saturated carbocycles. The van der Waals surface area contributed by atoms with Crippen molar-refractivity contribution in [3.63, 3.8) is 0 Å². The van der Waals surface area contributed by atoms with Gasteiger partial charge in [-0.3, -0.25) is 4.79 Å². The van der Waals surface area contributed by atoms with Crippen LogP contribution >= 0.6 is 0 Å². The lowest BCUT2D eigenvalue weighted by atomic mass is 10.2. The number of furan rings is 1. The van der Waals surface area contributed by atoms with Crippen LogP contribution in [-0.2, 0) is 6.61 Å². The van der Waals surface area contributed by atoms with E-state index in [1.54, 1.807) is 25.3 Å². The van der Waals surface area contributed by atoms with Crippen molar-refractivity contribution in [3.8, 4) is 17.2 Å². The summed E-state index contributed by atoms with van der Waals surface area (Å²) >= 11 is 0. The van der Waals surface area contributed by atoms with Crippen LogP contribution in [0.2, 0.25) is 0 Å². The zero-order chi connectivity index (χ0) is 24.6. The Bertz CT molecular complexity index is 1310. The molecule has 0 atom stereocenters. The number of nitrogens with one attached hydrogen (secondary N) is 1. The fourth-order valence-corrected chi connectivity index (χ4v) is 3.56. The van der Waals surface area contributed by atoms with Crippen LogP contribution in [0.4, 0.5) is 0 Å². The Labute approximate surface area is 204 Å². The van der Waals surface area contributed by atoms with Crippen molar-refractivity contribution in [2.24, 2.45) is 5.10 Å².